The first-order valence-corrected chi connectivity index (χ1v) is 8.07. The average molecular weight is 327 g/mol. The minimum absolute atomic E-state index is 0.0309. The number of rotatable bonds is 5. The third-order valence-electron chi connectivity index (χ3n) is 3.92. The fraction of sp³-hybridized carbons (Fsp3) is 0.211. The molecule has 3 rings (SSSR count). The maximum absolute atomic E-state index is 12.0. The molecule has 3 aromatic rings. The van der Waals surface area contributed by atoms with E-state index >= 15 is 0 Å². The maximum atomic E-state index is 12.0. The van der Waals surface area contributed by atoms with Crippen LogP contribution in [0.1, 0.15) is 16.7 Å². The van der Waals surface area contributed by atoms with E-state index in [-0.39, 0.29) is 5.91 Å². The van der Waals surface area contributed by atoms with E-state index in [1.807, 2.05) is 18.3 Å². The van der Waals surface area contributed by atoms with Crippen molar-refractivity contribution >= 4 is 28.4 Å². The first-order chi connectivity index (χ1) is 11.1. The van der Waals surface area contributed by atoms with E-state index in [2.05, 4.69) is 35.4 Å². The first kappa shape index (κ1) is 15.6. The third-order valence-corrected chi connectivity index (χ3v) is 4.17. The van der Waals surface area contributed by atoms with E-state index in [4.69, 9.17) is 11.6 Å². The molecule has 0 fully saturated rings. The molecule has 1 aromatic heterocycles. The third kappa shape index (κ3) is 3.93. The summed E-state index contributed by atoms with van der Waals surface area (Å²) in [6.07, 6.45) is 3.22. The molecule has 1 heterocycles. The number of hydrogen-bond donors (Lipinski definition) is 2. The second kappa shape index (κ2) is 6.88. The van der Waals surface area contributed by atoms with Gasteiger partial charge in [-0.2, -0.15) is 0 Å². The van der Waals surface area contributed by atoms with Crippen molar-refractivity contribution in [3.05, 3.63) is 70.4 Å². The van der Waals surface area contributed by atoms with Crippen molar-refractivity contribution in [3.63, 3.8) is 0 Å². The quantitative estimate of drug-likeness (QED) is 0.730. The lowest BCUT2D eigenvalue weighted by Crippen LogP contribution is -2.27. The van der Waals surface area contributed by atoms with Gasteiger partial charge < -0.3 is 10.3 Å². The van der Waals surface area contributed by atoms with Gasteiger partial charge in [0.2, 0.25) is 5.91 Å². The van der Waals surface area contributed by atoms with Crippen LogP contribution in [0.4, 0.5) is 0 Å². The zero-order valence-electron chi connectivity index (χ0n) is 13.0. The highest BCUT2D eigenvalue weighted by Gasteiger charge is 2.06. The Hall–Kier alpha value is -2.26. The Bertz CT molecular complexity index is 821. The van der Waals surface area contributed by atoms with Gasteiger partial charge in [0.05, 0.1) is 6.42 Å². The van der Waals surface area contributed by atoms with Crippen molar-refractivity contribution in [2.45, 2.75) is 19.8 Å². The summed E-state index contributed by atoms with van der Waals surface area (Å²) in [4.78, 5) is 15.3. The van der Waals surface area contributed by atoms with Crippen LogP contribution >= 0.6 is 11.6 Å². The van der Waals surface area contributed by atoms with E-state index < -0.39 is 0 Å². The van der Waals surface area contributed by atoms with E-state index in [0.717, 1.165) is 17.5 Å². The van der Waals surface area contributed by atoms with Crippen molar-refractivity contribution in [1.29, 1.82) is 0 Å². The van der Waals surface area contributed by atoms with Gasteiger partial charge >= 0.3 is 0 Å². The van der Waals surface area contributed by atoms with Gasteiger partial charge in [0.1, 0.15) is 0 Å². The molecule has 0 aliphatic rings. The minimum atomic E-state index is 0.0309. The number of benzene rings is 2. The van der Waals surface area contributed by atoms with Crippen molar-refractivity contribution < 1.29 is 4.79 Å². The van der Waals surface area contributed by atoms with Crippen LogP contribution in [-0.4, -0.2) is 17.4 Å². The van der Waals surface area contributed by atoms with Crippen molar-refractivity contribution in [2.75, 3.05) is 6.54 Å². The van der Waals surface area contributed by atoms with Crippen LogP contribution < -0.4 is 5.32 Å². The summed E-state index contributed by atoms with van der Waals surface area (Å²) in [7, 11) is 0. The monoisotopic (exact) mass is 326 g/mol. The number of hydrogen-bond acceptors (Lipinski definition) is 1. The van der Waals surface area contributed by atoms with E-state index in [1.165, 1.54) is 16.5 Å². The lowest BCUT2D eigenvalue weighted by Gasteiger charge is -2.05. The normalized spacial score (nSPS) is 10.9. The van der Waals surface area contributed by atoms with Gasteiger partial charge in [0.25, 0.3) is 0 Å². The second-order valence-corrected chi connectivity index (χ2v) is 6.20. The molecule has 3 nitrogen and oxygen atoms in total. The molecule has 118 valence electrons. The smallest absolute Gasteiger partial charge is 0.224 e. The Kier molecular flexibility index (Phi) is 4.68. The van der Waals surface area contributed by atoms with Gasteiger partial charge in [0, 0.05) is 28.7 Å². The maximum Gasteiger partial charge on any atom is 0.224 e. The lowest BCUT2D eigenvalue weighted by molar-refractivity contribution is -0.120. The molecule has 0 aliphatic carbocycles. The highest BCUT2D eigenvalue weighted by atomic mass is 35.5. The number of aromatic amines is 1. The molecule has 0 radical (unpaired) electrons. The van der Waals surface area contributed by atoms with Gasteiger partial charge in [-0.1, -0.05) is 35.4 Å². The van der Waals surface area contributed by atoms with Gasteiger partial charge in [-0.25, -0.2) is 0 Å². The number of nitrogens with one attached hydrogen (secondary N) is 2. The van der Waals surface area contributed by atoms with Crippen LogP contribution in [0.5, 0.6) is 0 Å². The molecule has 0 spiro atoms. The molecular formula is C19H19ClN2O. The Morgan fingerprint density at radius 1 is 1.17 bits per heavy atom. The van der Waals surface area contributed by atoms with Gasteiger partial charge in [-0.3, -0.25) is 4.79 Å². The molecule has 0 aliphatic heterocycles. The molecule has 0 unspecified atom stereocenters. The van der Waals surface area contributed by atoms with Crippen LogP contribution in [0.2, 0.25) is 5.02 Å². The summed E-state index contributed by atoms with van der Waals surface area (Å²) < 4.78 is 0. The SMILES string of the molecule is Cc1ccc2[nH]cc(CCNC(=O)Cc3ccc(Cl)cc3)c2c1. The molecule has 2 aromatic carbocycles. The summed E-state index contributed by atoms with van der Waals surface area (Å²) in [5.74, 6) is 0.0309. The van der Waals surface area contributed by atoms with Crippen LogP contribution in [-0.2, 0) is 17.6 Å². The predicted octanol–water partition coefficient (Wildman–Crippen LogP) is 4.03. The Morgan fingerprint density at radius 2 is 1.96 bits per heavy atom. The average Bonchev–Trinajstić information content (AvgIpc) is 2.92. The number of aromatic nitrogens is 1. The molecule has 0 atom stereocenters. The molecule has 0 saturated carbocycles. The number of carbonyl (C=O) groups excluding carboxylic acids is 1. The van der Waals surface area contributed by atoms with Gasteiger partial charge in [0.15, 0.2) is 0 Å². The summed E-state index contributed by atoms with van der Waals surface area (Å²) in [6.45, 7) is 2.72. The topological polar surface area (TPSA) is 44.9 Å². The highest BCUT2D eigenvalue weighted by molar-refractivity contribution is 6.30. The zero-order valence-corrected chi connectivity index (χ0v) is 13.8. The summed E-state index contributed by atoms with van der Waals surface area (Å²) in [6, 6.07) is 13.7. The second-order valence-electron chi connectivity index (χ2n) is 5.77. The largest absolute Gasteiger partial charge is 0.361 e. The first-order valence-electron chi connectivity index (χ1n) is 7.69. The number of H-pyrrole nitrogens is 1. The lowest BCUT2D eigenvalue weighted by atomic mass is 10.1. The standard InChI is InChI=1S/C19H19ClN2O/c1-13-2-7-18-17(10-13)15(12-22-18)8-9-21-19(23)11-14-3-5-16(20)6-4-14/h2-7,10,12,22H,8-9,11H2,1H3,(H,21,23). The summed E-state index contributed by atoms with van der Waals surface area (Å²) >= 11 is 5.84. The number of carbonyl (C=O) groups is 1. The van der Waals surface area contributed by atoms with Crippen LogP contribution in [0.25, 0.3) is 10.9 Å². The minimum Gasteiger partial charge on any atom is -0.361 e. The molecule has 1 amide bonds. The van der Waals surface area contributed by atoms with Crippen molar-refractivity contribution in [3.8, 4) is 0 Å². The molecule has 2 N–H and O–H groups in total. The van der Waals surface area contributed by atoms with Crippen LogP contribution in [0, 0.1) is 6.92 Å². The number of amides is 1. The van der Waals surface area contributed by atoms with E-state index in [0.29, 0.717) is 18.0 Å². The molecule has 23 heavy (non-hydrogen) atoms. The molecular weight excluding hydrogens is 308 g/mol. The van der Waals surface area contributed by atoms with Crippen molar-refractivity contribution in [2.24, 2.45) is 0 Å². The van der Waals surface area contributed by atoms with Crippen LogP contribution in [0.3, 0.4) is 0 Å². The Morgan fingerprint density at radius 3 is 2.74 bits per heavy atom. The number of fused-ring (bicyclic) bond motifs is 1. The Labute approximate surface area is 140 Å². The van der Waals surface area contributed by atoms with Crippen LogP contribution in [0.15, 0.2) is 48.7 Å². The predicted molar refractivity (Wildman–Crippen MR) is 94.9 cm³/mol. The molecule has 4 heteroatoms. The molecule has 0 saturated heterocycles. The fourth-order valence-electron chi connectivity index (χ4n) is 2.69. The van der Waals surface area contributed by atoms with Crippen molar-refractivity contribution in [1.82, 2.24) is 10.3 Å². The van der Waals surface area contributed by atoms with Gasteiger partial charge in [-0.15, -0.1) is 0 Å². The molecule has 0 bridgehead atoms. The number of halogens is 1. The summed E-state index contributed by atoms with van der Waals surface area (Å²) in [5.41, 5.74) is 4.58. The van der Waals surface area contributed by atoms with Gasteiger partial charge in [-0.05, 0) is 48.7 Å². The van der Waals surface area contributed by atoms with E-state index in [1.54, 1.807) is 12.1 Å². The van der Waals surface area contributed by atoms with E-state index in [9.17, 15) is 4.79 Å². The zero-order chi connectivity index (χ0) is 16.2. The summed E-state index contributed by atoms with van der Waals surface area (Å²) in [5, 5.41) is 4.89. The highest BCUT2D eigenvalue weighted by Crippen LogP contribution is 2.19. The number of aryl methyl sites for hydroxylation is 1. The Balaban J connectivity index is 1.55. The fourth-order valence-corrected chi connectivity index (χ4v) is 2.81.